The van der Waals surface area contributed by atoms with Gasteiger partial charge in [0.05, 0.1) is 11.9 Å². The molecular weight excluding hydrogens is 243 g/mol. The largest absolute Gasteiger partial charge is 0.334 e. The summed E-state index contributed by atoms with van der Waals surface area (Å²) < 4.78 is 15.1. The number of nitrogens with zero attached hydrogens (tertiary/aromatic N) is 3. The molecule has 1 atom stereocenters. The van der Waals surface area contributed by atoms with E-state index in [4.69, 9.17) is 0 Å². The fraction of sp³-hybridized carbons (Fsp3) is 0.429. The molecule has 2 aromatic heterocycles. The third-order valence-electron chi connectivity index (χ3n) is 2.89. The van der Waals surface area contributed by atoms with Crippen molar-refractivity contribution in [3.63, 3.8) is 0 Å². The fourth-order valence-corrected chi connectivity index (χ4v) is 2.03. The van der Waals surface area contributed by atoms with E-state index in [-0.39, 0.29) is 17.9 Å². The van der Waals surface area contributed by atoms with Crippen LogP contribution < -0.4 is 5.32 Å². The van der Waals surface area contributed by atoms with Crippen LogP contribution in [0.4, 0.5) is 4.39 Å². The van der Waals surface area contributed by atoms with Crippen molar-refractivity contribution in [1.82, 2.24) is 19.9 Å². The number of aryl methyl sites for hydroxylation is 1. The Bertz CT molecular complexity index is 518. The number of pyridine rings is 1. The second-order valence-corrected chi connectivity index (χ2v) is 4.73. The number of hydrogen-bond donors (Lipinski definition) is 1. The number of rotatable bonds is 5. The van der Waals surface area contributed by atoms with E-state index in [0.29, 0.717) is 0 Å². The van der Waals surface area contributed by atoms with Crippen LogP contribution in [-0.2, 0) is 6.54 Å². The highest BCUT2D eigenvalue weighted by molar-refractivity contribution is 5.19. The first kappa shape index (κ1) is 13.7. The monoisotopic (exact) mass is 262 g/mol. The molecule has 0 aliphatic rings. The zero-order chi connectivity index (χ0) is 13.8. The van der Waals surface area contributed by atoms with Crippen molar-refractivity contribution in [3.8, 4) is 0 Å². The Morgan fingerprint density at radius 3 is 2.68 bits per heavy atom. The van der Waals surface area contributed by atoms with Crippen LogP contribution in [0, 0.1) is 5.82 Å². The van der Waals surface area contributed by atoms with Gasteiger partial charge in [0.2, 0.25) is 0 Å². The van der Waals surface area contributed by atoms with E-state index >= 15 is 0 Å². The van der Waals surface area contributed by atoms with Crippen LogP contribution in [0.1, 0.15) is 38.3 Å². The smallest absolute Gasteiger partial charge is 0.141 e. The molecule has 0 aliphatic carbocycles. The molecule has 1 unspecified atom stereocenters. The third kappa shape index (κ3) is 3.17. The summed E-state index contributed by atoms with van der Waals surface area (Å²) in [5.41, 5.74) is 0.774. The summed E-state index contributed by atoms with van der Waals surface area (Å²) in [4.78, 5) is 8.58. The van der Waals surface area contributed by atoms with Crippen LogP contribution in [-0.4, -0.2) is 20.6 Å². The van der Waals surface area contributed by atoms with Gasteiger partial charge in [0.1, 0.15) is 17.7 Å². The highest BCUT2D eigenvalue weighted by atomic mass is 19.1. The second kappa shape index (κ2) is 5.93. The predicted octanol–water partition coefficient (Wildman–Crippen LogP) is 2.52. The minimum atomic E-state index is -0.328. The van der Waals surface area contributed by atoms with Crippen molar-refractivity contribution in [2.75, 3.05) is 0 Å². The molecule has 19 heavy (non-hydrogen) atoms. The second-order valence-electron chi connectivity index (χ2n) is 4.73. The standard InChI is InChI=1S/C14H19FN4/c1-4-19-8-7-16-14(19)13(18-10(2)3)12-6-5-11(15)9-17-12/h5-10,13,18H,4H2,1-3H3. The highest BCUT2D eigenvalue weighted by Crippen LogP contribution is 2.20. The van der Waals surface area contributed by atoms with Gasteiger partial charge in [0.25, 0.3) is 0 Å². The maximum absolute atomic E-state index is 13.0. The van der Waals surface area contributed by atoms with Gasteiger partial charge in [-0.3, -0.25) is 4.98 Å². The van der Waals surface area contributed by atoms with Gasteiger partial charge in [-0.15, -0.1) is 0 Å². The Labute approximate surface area is 112 Å². The van der Waals surface area contributed by atoms with Crippen LogP contribution in [0.25, 0.3) is 0 Å². The molecule has 2 aromatic rings. The van der Waals surface area contributed by atoms with E-state index < -0.39 is 0 Å². The minimum absolute atomic E-state index is 0.129. The number of aromatic nitrogens is 3. The molecule has 0 spiro atoms. The summed E-state index contributed by atoms with van der Waals surface area (Å²) in [5.74, 6) is 0.571. The van der Waals surface area contributed by atoms with Crippen molar-refractivity contribution < 1.29 is 4.39 Å². The van der Waals surface area contributed by atoms with Crippen LogP contribution in [0.2, 0.25) is 0 Å². The molecule has 102 valence electrons. The first-order valence-electron chi connectivity index (χ1n) is 6.50. The van der Waals surface area contributed by atoms with Crippen molar-refractivity contribution in [2.24, 2.45) is 0 Å². The molecule has 5 heteroatoms. The summed E-state index contributed by atoms with van der Waals surface area (Å²) >= 11 is 0. The van der Waals surface area contributed by atoms with E-state index in [9.17, 15) is 4.39 Å². The molecule has 2 heterocycles. The third-order valence-corrected chi connectivity index (χ3v) is 2.89. The van der Waals surface area contributed by atoms with Crippen molar-refractivity contribution in [3.05, 3.63) is 48.1 Å². The average Bonchev–Trinajstić information content (AvgIpc) is 2.85. The Hall–Kier alpha value is -1.75. The van der Waals surface area contributed by atoms with Crippen LogP contribution in [0.15, 0.2) is 30.7 Å². The van der Waals surface area contributed by atoms with Crippen molar-refractivity contribution in [1.29, 1.82) is 0 Å². The molecule has 0 amide bonds. The molecule has 0 fully saturated rings. The molecule has 0 bridgehead atoms. The van der Waals surface area contributed by atoms with E-state index in [1.54, 1.807) is 12.3 Å². The number of halogens is 1. The molecule has 2 rings (SSSR count). The highest BCUT2D eigenvalue weighted by Gasteiger charge is 2.20. The van der Waals surface area contributed by atoms with Gasteiger partial charge in [-0.2, -0.15) is 0 Å². The molecule has 4 nitrogen and oxygen atoms in total. The summed E-state index contributed by atoms with van der Waals surface area (Å²) in [6, 6.07) is 3.27. The summed E-state index contributed by atoms with van der Waals surface area (Å²) in [6.45, 7) is 7.04. The maximum atomic E-state index is 13.0. The van der Waals surface area contributed by atoms with Crippen molar-refractivity contribution >= 4 is 0 Å². The van der Waals surface area contributed by atoms with E-state index in [1.807, 2.05) is 6.20 Å². The van der Waals surface area contributed by atoms with Gasteiger partial charge in [0.15, 0.2) is 0 Å². The van der Waals surface area contributed by atoms with E-state index in [1.165, 1.54) is 12.3 Å². The molecule has 0 aliphatic heterocycles. The molecule has 0 saturated carbocycles. The molecule has 0 radical (unpaired) electrons. The Kier molecular flexibility index (Phi) is 4.27. The zero-order valence-corrected chi connectivity index (χ0v) is 11.5. The van der Waals surface area contributed by atoms with Gasteiger partial charge in [-0.25, -0.2) is 9.37 Å². The van der Waals surface area contributed by atoms with Gasteiger partial charge >= 0.3 is 0 Å². The molecule has 1 N–H and O–H groups in total. The average molecular weight is 262 g/mol. The van der Waals surface area contributed by atoms with Gasteiger partial charge in [-0.1, -0.05) is 0 Å². The minimum Gasteiger partial charge on any atom is -0.334 e. The maximum Gasteiger partial charge on any atom is 0.141 e. The Morgan fingerprint density at radius 1 is 1.32 bits per heavy atom. The molecule has 0 saturated heterocycles. The Balaban J connectivity index is 2.38. The lowest BCUT2D eigenvalue weighted by atomic mass is 10.1. The topological polar surface area (TPSA) is 42.7 Å². The first-order valence-corrected chi connectivity index (χ1v) is 6.50. The lowest BCUT2D eigenvalue weighted by molar-refractivity contribution is 0.482. The first-order chi connectivity index (χ1) is 9.11. The zero-order valence-electron chi connectivity index (χ0n) is 11.5. The van der Waals surface area contributed by atoms with E-state index in [2.05, 4.69) is 40.6 Å². The van der Waals surface area contributed by atoms with Crippen LogP contribution in [0.3, 0.4) is 0 Å². The summed E-state index contributed by atoms with van der Waals surface area (Å²) in [5, 5.41) is 3.42. The quantitative estimate of drug-likeness (QED) is 0.900. The van der Waals surface area contributed by atoms with Crippen molar-refractivity contribution in [2.45, 2.75) is 39.4 Å². The lowest BCUT2D eigenvalue weighted by Crippen LogP contribution is -2.31. The number of nitrogens with one attached hydrogen (secondary N) is 1. The number of hydrogen-bond acceptors (Lipinski definition) is 3. The molecule has 0 aromatic carbocycles. The van der Waals surface area contributed by atoms with Gasteiger partial charge < -0.3 is 9.88 Å². The summed E-state index contributed by atoms with van der Waals surface area (Å²) in [7, 11) is 0. The SMILES string of the molecule is CCn1ccnc1C(NC(C)C)c1ccc(F)cn1. The van der Waals surface area contributed by atoms with E-state index in [0.717, 1.165) is 18.1 Å². The van der Waals surface area contributed by atoms with Gasteiger partial charge in [0, 0.05) is 25.0 Å². The predicted molar refractivity (Wildman–Crippen MR) is 72.2 cm³/mol. The lowest BCUT2D eigenvalue weighted by Gasteiger charge is -2.21. The molecular formula is C14H19FN4. The normalized spacial score (nSPS) is 12.9. The number of imidazole rings is 1. The Morgan fingerprint density at radius 2 is 2.11 bits per heavy atom. The summed E-state index contributed by atoms with van der Waals surface area (Å²) in [6.07, 6.45) is 4.95. The van der Waals surface area contributed by atoms with Crippen LogP contribution in [0.5, 0.6) is 0 Å². The van der Waals surface area contributed by atoms with Crippen LogP contribution >= 0.6 is 0 Å². The fourth-order valence-electron chi connectivity index (χ4n) is 2.03. The van der Waals surface area contributed by atoms with Gasteiger partial charge in [-0.05, 0) is 32.9 Å².